The number of halogens is 1. The smallest absolute Gasteiger partial charge is 0.267 e. The Balaban J connectivity index is 1.90. The van der Waals surface area contributed by atoms with Crippen LogP contribution < -0.4 is 5.56 Å². The highest BCUT2D eigenvalue weighted by Gasteiger charge is 2.16. The monoisotopic (exact) mass is 445 g/mol. The van der Waals surface area contributed by atoms with Gasteiger partial charge in [0, 0.05) is 5.56 Å². The van der Waals surface area contributed by atoms with Crippen molar-refractivity contribution in [1.29, 1.82) is 5.26 Å². The van der Waals surface area contributed by atoms with Gasteiger partial charge in [0.15, 0.2) is 0 Å². The molecule has 0 radical (unpaired) electrons. The number of nitrogens with zero attached hydrogens (tertiary/aromatic N) is 3. The molecule has 32 heavy (non-hydrogen) atoms. The third-order valence-electron chi connectivity index (χ3n) is 4.93. The van der Waals surface area contributed by atoms with E-state index in [0.29, 0.717) is 39.1 Å². The molecule has 0 saturated carbocycles. The molecule has 158 valence electrons. The Hall–Kier alpha value is -4.09. The lowest BCUT2D eigenvalue weighted by atomic mass is 9.96. The lowest BCUT2D eigenvalue weighted by Crippen LogP contribution is -2.23. The Kier molecular flexibility index (Phi) is 5.92. The van der Waals surface area contributed by atoms with Gasteiger partial charge < -0.3 is 0 Å². The molecule has 3 aromatic carbocycles. The first-order valence-electron chi connectivity index (χ1n) is 9.56. The molecule has 6 nitrogen and oxygen atoms in total. The molecule has 0 aliphatic carbocycles. The maximum absolute atomic E-state index is 13.5. The third-order valence-corrected chi connectivity index (χ3v) is 5.55. The van der Waals surface area contributed by atoms with E-state index < -0.39 is 22.1 Å². The van der Waals surface area contributed by atoms with Crippen LogP contribution >= 0.6 is 0 Å². The largest absolute Gasteiger partial charge is 0.279 e. The van der Waals surface area contributed by atoms with E-state index in [1.807, 2.05) is 6.07 Å². The average Bonchev–Trinajstić information content (AvgIpc) is 2.80. The summed E-state index contributed by atoms with van der Waals surface area (Å²) in [5.74, 6) is -0.494. The molecule has 4 aromatic rings. The van der Waals surface area contributed by atoms with Gasteiger partial charge in [-0.25, -0.2) is 12.8 Å². The highest BCUT2D eigenvalue weighted by molar-refractivity contribution is 7.71. The number of hydrogen-bond acceptors (Lipinski definition) is 5. The number of thiol groups is 1. The van der Waals surface area contributed by atoms with Gasteiger partial charge in [0.1, 0.15) is 16.5 Å². The van der Waals surface area contributed by atoms with Crippen molar-refractivity contribution in [2.45, 2.75) is 5.75 Å². The fourth-order valence-corrected chi connectivity index (χ4v) is 3.88. The van der Waals surface area contributed by atoms with Crippen LogP contribution in [-0.4, -0.2) is 18.2 Å². The summed E-state index contributed by atoms with van der Waals surface area (Å²) >= 11 is 0. The van der Waals surface area contributed by atoms with Crippen molar-refractivity contribution < 1.29 is 12.8 Å². The zero-order valence-electron chi connectivity index (χ0n) is 16.6. The van der Waals surface area contributed by atoms with Crippen LogP contribution in [-0.2, 0) is 16.5 Å². The van der Waals surface area contributed by atoms with E-state index in [4.69, 9.17) is 5.26 Å². The first-order valence-corrected chi connectivity index (χ1v) is 10.9. The van der Waals surface area contributed by atoms with Gasteiger partial charge in [0.05, 0.1) is 34.8 Å². The first-order chi connectivity index (χ1) is 15.5. The lowest BCUT2D eigenvalue weighted by molar-refractivity contribution is 0.614. The van der Waals surface area contributed by atoms with Crippen LogP contribution in [0.4, 0.5) is 4.39 Å². The Labute approximate surface area is 184 Å². The van der Waals surface area contributed by atoms with E-state index in [1.165, 1.54) is 28.9 Å². The molecule has 0 unspecified atom stereocenters. The number of nitriles is 1. The molecule has 0 spiro atoms. The SMILES string of the molecule is N#Cc1ccc(-n2ncc(-c3ccc(C[SH](=O)=O)cc3)c(-c3ccc(F)cc3)c2=O)cc1. The highest BCUT2D eigenvalue weighted by Crippen LogP contribution is 2.29. The van der Waals surface area contributed by atoms with Crippen molar-refractivity contribution in [3.8, 4) is 34.0 Å². The maximum Gasteiger partial charge on any atom is 0.279 e. The van der Waals surface area contributed by atoms with Crippen LogP contribution in [0.3, 0.4) is 0 Å². The molecule has 0 amide bonds. The van der Waals surface area contributed by atoms with Crippen molar-refractivity contribution in [3.05, 3.63) is 106 Å². The molecule has 0 aliphatic heterocycles. The Morgan fingerprint density at radius 3 is 2.12 bits per heavy atom. The second-order valence-corrected chi connectivity index (χ2v) is 7.99. The second-order valence-electron chi connectivity index (χ2n) is 7.00. The van der Waals surface area contributed by atoms with E-state index in [2.05, 4.69) is 5.10 Å². The molecule has 0 saturated heterocycles. The third kappa shape index (κ3) is 4.33. The minimum atomic E-state index is -2.55. The number of rotatable bonds is 5. The highest BCUT2D eigenvalue weighted by atomic mass is 32.2. The summed E-state index contributed by atoms with van der Waals surface area (Å²) in [6, 6.07) is 20.9. The Morgan fingerprint density at radius 2 is 1.53 bits per heavy atom. The summed E-state index contributed by atoms with van der Waals surface area (Å²) in [6.07, 6.45) is 1.54. The van der Waals surface area contributed by atoms with Gasteiger partial charge in [-0.2, -0.15) is 15.0 Å². The van der Waals surface area contributed by atoms with Crippen molar-refractivity contribution >= 4 is 10.7 Å². The molecule has 0 fully saturated rings. The van der Waals surface area contributed by atoms with Crippen LogP contribution in [0.5, 0.6) is 0 Å². The summed E-state index contributed by atoms with van der Waals surface area (Å²) in [7, 11) is -2.55. The van der Waals surface area contributed by atoms with Gasteiger partial charge in [-0.05, 0) is 53.1 Å². The summed E-state index contributed by atoms with van der Waals surface area (Å²) in [5, 5.41) is 13.3. The van der Waals surface area contributed by atoms with Gasteiger partial charge in [-0.1, -0.05) is 36.4 Å². The molecule has 4 rings (SSSR count). The van der Waals surface area contributed by atoms with Crippen molar-refractivity contribution in [3.63, 3.8) is 0 Å². The van der Waals surface area contributed by atoms with Crippen molar-refractivity contribution in [2.75, 3.05) is 0 Å². The Morgan fingerprint density at radius 1 is 0.906 bits per heavy atom. The molecule has 0 bridgehead atoms. The van der Waals surface area contributed by atoms with Gasteiger partial charge >= 0.3 is 0 Å². The zero-order valence-corrected chi connectivity index (χ0v) is 17.5. The predicted molar refractivity (Wildman–Crippen MR) is 119 cm³/mol. The normalized spacial score (nSPS) is 10.8. The van der Waals surface area contributed by atoms with Crippen LogP contribution in [0.1, 0.15) is 11.1 Å². The molecular formula is C24H16FN3O3S. The van der Waals surface area contributed by atoms with Crippen LogP contribution in [0.25, 0.3) is 27.9 Å². The first kappa shape index (κ1) is 21.2. The fourth-order valence-electron chi connectivity index (χ4n) is 3.37. The Bertz CT molecular complexity index is 1440. The fraction of sp³-hybridized carbons (Fsp3) is 0.0417. The average molecular weight is 445 g/mol. The number of hydrogen-bond donors (Lipinski definition) is 1. The molecule has 1 aromatic heterocycles. The van der Waals surface area contributed by atoms with Gasteiger partial charge in [0.25, 0.3) is 5.56 Å². The summed E-state index contributed by atoms with van der Waals surface area (Å²) in [4.78, 5) is 13.5. The van der Waals surface area contributed by atoms with E-state index in [9.17, 15) is 17.6 Å². The minimum Gasteiger partial charge on any atom is -0.267 e. The minimum absolute atomic E-state index is 0.0705. The zero-order chi connectivity index (χ0) is 22.7. The maximum atomic E-state index is 13.5. The number of benzene rings is 3. The van der Waals surface area contributed by atoms with Crippen molar-refractivity contribution in [2.24, 2.45) is 0 Å². The summed E-state index contributed by atoms with van der Waals surface area (Å²) in [5.41, 5.74) is 3.21. The molecule has 0 atom stereocenters. The van der Waals surface area contributed by atoms with Crippen molar-refractivity contribution in [1.82, 2.24) is 9.78 Å². The predicted octanol–water partition coefficient (Wildman–Crippen LogP) is 3.69. The van der Waals surface area contributed by atoms with Gasteiger partial charge in [-0.15, -0.1) is 0 Å². The van der Waals surface area contributed by atoms with E-state index in [1.54, 1.807) is 54.7 Å². The molecule has 0 aliphatic rings. The molecule has 8 heteroatoms. The van der Waals surface area contributed by atoms with Gasteiger partial charge in [0.2, 0.25) is 0 Å². The molecule has 0 N–H and O–H groups in total. The molecular weight excluding hydrogens is 429 g/mol. The van der Waals surface area contributed by atoms with Crippen LogP contribution in [0.2, 0.25) is 0 Å². The lowest BCUT2D eigenvalue weighted by Gasteiger charge is -2.13. The van der Waals surface area contributed by atoms with E-state index in [0.717, 1.165) is 0 Å². The summed E-state index contributed by atoms with van der Waals surface area (Å²) in [6.45, 7) is 0. The quantitative estimate of drug-likeness (QED) is 0.473. The topological polar surface area (TPSA) is 92.8 Å². The second kappa shape index (κ2) is 8.96. The molecule has 1 heterocycles. The van der Waals surface area contributed by atoms with Gasteiger partial charge in [-0.3, -0.25) is 4.79 Å². The van der Waals surface area contributed by atoms with Crippen LogP contribution in [0, 0.1) is 17.1 Å². The number of aromatic nitrogens is 2. The van der Waals surface area contributed by atoms with E-state index in [-0.39, 0.29) is 5.75 Å². The standard InChI is InChI=1S/C24H16FN3O3S/c25-20-9-7-19(8-10-20)23-22(18-5-1-17(2-6-18)15-32(30)31)14-27-28(24(23)29)21-11-3-16(13-26)4-12-21/h1-12,14,32H,15H2. The van der Waals surface area contributed by atoms with E-state index >= 15 is 0 Å². The summed E-state index contributed by atoms with van der Waals surface area (Å²) < 4.78 is 36.7. The van der Waals surface area contributed by atoms with Crippen LogP contribution in [0.15, 0.2) is 83.8 Å².